The van der Waals surface area contributed by atoms with E-state index in [1.54, 1.807) is 18.3 Å². The molecule has 2 aromatic rings. The molecule has 0 amide bonds. The van der Waals surface area contributed by atoms with Crippen molar-refractivity contribution in [3.05, 3.63) is 47.8 Å². The molecule has 2 aromatic heterocycles. The molecule has 1 N–H and O–H groups in total. The molecule has 118 valence electrons. The van der Waals surface area contributed by atoms with Gasteiger partial charge in [-0.2, -0.15) is 5.26 Å². The molecule has 0 aliphatic carbocycles. The van der Waals surface area contributed by atoms with Crippen LogP contribution in [0.5, 0.6) is 0 Å². The van der Waals surface area contributed by atoms with Gasteiger partial charge >= 0.3 is 0 Å². The van der Waals surface area contributed by atoms with Crippen LogP contribution in [0.1, 0.15) is 36.8 Å². The summed E-state index contributed by atoms with van der Waals surface area (Å²) in [5.74, 6) is 2.03. The number of hydrogen-bond acceptors (Lipinski definition) is 5. The minimum atomic E-state index is 0.589. The van der Waals surface area contributed by atoms with Crippen molar-refractivity contribution in [2.24, 2.45) is 0 Å². The molecule has 1 aliphatic heterocycles. The number of hydrogen-bond donors (Lipinski definition) is 1. The standard InChI is InChI=1S/C18H21N5/c1-2-23-9-5-15(6-10-23)16-4-8-21-18(12-16)22-17-11-14(13-19)3-7-20-17/h3-4,7-8,11-12,15H,2,5-6,9-10H2,1H3,(H,20,21,22). The SMILES string of the molecule is CCN1CCC(c2ccnc(Nc3cc(C#N)ccn3)c2)CC1. The molecule has 0 atom stereocenters. The molecule has 0 unspecified atom stereocenters. The van der Waals surface area contributed by atoms with Crippen LogP contribution in [0, 0.1) is 11.3 Å². The van der Waals surface area contributed by atoms with E-state index in [-0.39, 0.29) is 0 Å². The molecule has 3 heterocycles. The first-order chi connectivity index (χ1) is 11.3. The van der Waals surface area contributed by atoms with Gasteiger partial charge in [0.05, 0.1) is 11.6 Å². The van der Waals surface area contributed by atoms with Crippen LogP contribution in [-0.2, 0) is 0 Å². The fourth-order valence-electron chi connectivity index (χ4n) is 3.05. The fraction of sp³-hybridized carbons (Fsp3) is 0.389. The predicted octanol–water partition coefficient (Wildman–Crippen LogP) is 3.29. The average Bonchev–Trinajstić information content (AvgIpc) is 2.62. The summed E-state index contributed by atoms with van der Waals surface area (Å²) in [5.41, 5.74) is 1.92. The molecular weight excluding hydrogens is 286 g/mol. The third-order valence-electron chi connectivity index (χ3n) is 4.44. The highest BCUT2D eigenvalue weighted by Gasteiger charge is 2.19. The van der Waals surface area contributed by atoms with Crippen LogP contribution in [0.3, 0.4) is 0 Å². The molecule has 1 fully saturated rings. The smallest absolute Gasteiger partial charge is 0.132 e. The van der Waals surface area contributed by atoms with Gasteiger partial charge in [-0.3, -0.25) is 0 Å². The largest absolute Gasteiger partial charge is 0.325 e. The minimum absolute atomic E-state index is 0.589. The van der Waals surface area contributed by atoms with Gasteiger partial charge in [-0.05, 0) is 68.2 Å². The Morgan fingerprint density at radius 1 is 1.17 bits per heavy atom. The highest BCUT2D eigenvalue weighted by Crippen LogP contribution is 2.29. The predicted molar refractivity (Wildman–Crippen MR) is 90.6 cm³/mol. The average molecular weight is 307 g/mol. The van der Waals surface area contributed by atoms with E-state index in [2.05, 4.69) is 45.3 Å². The molecule has 23 heavy (non-hydrogen) atoms. The van der Waals surface area contributed by atoms with E-state index >= 15 is 0 Å². The molecule has 3 rings (SSSR count). The minimum Gasteiger partial charge on any atom is -0.325 e. The number of anilines is 2. The Labute approximate surface area is 137 Å². The Bertz CT molecular complexity index is 699. The summed E-state index contributed by atoms with van der Waals surface area (Å²) in [6, 6.07) is 9.75. The number of piperidine rings is 1. The van der Waals surface area contributed by atoms with E-state index in [0.717, 1.165) is 25.5 Å². The highest BCUT2D eigenvalue weighted by molar-refractivity contribution is 5.54. The second-order valence-corrected chi connectivity index (χ2v) is 5.85. The lowest BCUT2D eigenvalue weighted by Gasteiger charge is -2.31. The van der Waals surface area contributed by atoms with Gasteiger partial charge in [-0.1, -0.05) is 6.92 Å². The Balaban J connectivity index is 1.71. The Morgan fingerprint density at radius 2 is 1.87 bits per heavy atom. The van der Waals surface area contributed by atoms with Gasteiger partial charge in [0, 0.05) is 12.4 Å². The molecule has 0 bridgehead atoms. The normalized spacial score (nSPS) is 16.0. The Hall–Kier alpha value is -2.45. The summed E-state index contributed by atoms with van der Waals surface area (Å²) >= 11 is 0. The summed E-state index contributed by atoms with van der Waals surface area (Å²) in [6.07, 6.45) is 5.86. The van der Waals surface area contributed by atoms with Gasteiger partial charge in [0.1, 0.15) is 11.6 Å². The maximum atomic E-state index is 8.96. The third kappa shape index (κ3) is 3.85. The number of likely N-dealkylation sites (tertiary alicyclic amines) is 1. The van der Waals surface area contributed by atoms with Crippen LogP contribution < -0.4 is 5.32 Å². The summed E-state index contributed by atoms with van der Waals surface area (Å²) < 4.78 is 0. The quantitative estimate of drug-likeness (QED) is 0.939. The summed E-state index contributed by atoms with van der Waals surface area (Å²) in [4.78, 5) is 11.1. The van der Waals surface area contributed by atoms with Gasteiger partial charge in [-0.25, -0.2) is 9.97 Å². The zero-order valence-electron chi connectivity index (χ0n) is 13.4. The number of nitriles is 1. The second-order valence-electron chi connectivity index (χ2n) is 5.85. The van der Waals surface area contributed by atoms with Crippen LogP contribution in [0.25, 0.3) is 0 Å². The first kappa shape index (κ1) is 15.4. The van der Waals surface area contributed by atoms with Crippen LogP contribution in [-0.4, -0.2) is 34.5 Å². The lowest BCUT2D eigenvalue weighted by atomic mass is 9.90. The first-order valence-electron chi connectivity index (χ1n) is 8.10. The first-order valence-corrected chi connectivity index (χ1v) is 8.10. The van der Waals surface area contributed by atoms with E-state index in [4.69, 9.17) is 5.26 Å². The maximum Gasteiger partial charge on any atom is 0.132 e. The van der Waals surface area contributed by atoms with Crippen molar-refractivity contribution in [2.45, 2.75) is 25.7 Å². The molecule has 5 heteroatoms. The summed E-state index contributed by atoms with van der Waals surface area (Å²) in [7, 11) is 0. The monoisotopic (exact) mass is 307 g/mol. The molecule has 0 saturated carbocycles. The molecule has 1 aliphatic rings. The third-order valence-corrected chi connectivity index (χ3v) is 4.44. The molecule has 0 radical (unpaired) electrons. The topological polar surface area (TPSA) is 64.8 Å². The van der Waals surface area contributed by atoms with Crippen LogP contribution in [0.2, 0.25) is 0 Å². The number of pyridine rings is 2. The van der Waals surface area contributed by atoms with Crippen molar-refractivity contribution in [1.82, 2.24) is 14.9 Å². The summed E-state index contributed by atoms with van der Waals surface area (Å²) in [6.45, 7) is 5.68. The van der Waals surface area contributed by atoms with Gasteiger partial charge in [0.25, 0.3) is 0 Å². The lowest BCUT2D eigenvalue weighted by Crippen LogP contribution is -2.32. The number of aromatic nitrogens is 2. The van der Waals surface area contributed by atoms with Crippen molar-refractivity contribution in [3.63, 3.8) is 0 Å². The zero-order chi connectivity index (χ0) is 16.1. The Kier molecular flexibility index (Phi) is 4.84. The van der Waals surface area contributed by atoms with Crippen LogP contribution in [0.15, 0.2) is 36.7 Å². The van der Waals surface area contributed by atoms with Crippen molar-refractivity contribution in [2.75, 3.05) is 25.0 Å². The zero-order valence-corrected chi connectivity index (χ0v) is 13.4. The molecule has 1 saturated heterocycles. The van der Waals surface area contributed by atoms with Gasteiger partial charge in [0.15, 0.2) is 0 Å². The van der Waals surface area contributed by atoms with Crippen molar-refractivity contribution in [1.29, 1.82) is 5.26 Å². The lowest BCUT2D eigenvalue weighted by molar-refractivity contribution is 0.222. The number of nitrogens with zero attached hydrogens (tertiary/aromatic N) is 4. The Morgan fingerprint density at radius 3 is 2.57 bits per heavy atom. The van der Waals surface area contributed by atoms with Crippen molar-refractivity contribution in [3.8, 4) is 6.07 Å². The van der Waals surface area contributed by atoms with E-state index in [1.165, 1.54) is 18.4 Å². The van der Waals surface area contributed by atoms with Gasteiger partial charge < -0.3 is 10.2 Å². The van der Waals surface area contributed by atoms with E-state index in [9.17, 15) is 0 Å². The molecule has 0 spiro atoms. The van der Waals surface area contributed by atoms with E-state index in [1.807, 2.05) is 6.20 Å². The van der Waals surface area contributed by atoms with Crippen molar-refractivity contribution >= 4 is 11.6 Å². The molecule has 0 aromatic carbocycles. The number of rotatable bonds is 4. The van der Waals surface area contributed by atoms with Gasteiger partial charge in [-0.15, -0.1) is 0 Å². The van der Waals surface area contributed by atoms with E-state index < -0.39 is 0 Å². The fourth-order valence-corrected chi connectivity index (χ4v) is 3.05. The van der Waals surface area contributed by atoms with Gasteiger partial charge in [0.2, 0.25) is 0 Å². The highest BCUT2D eigenvalue weighted by atomic mass is 15.1. The number of nitrogens with one attached hydrogen (secondary N) is 1. The second kappa shape index (κ2) is 7.21. The summed E-state index contributed by atoms with van der Waals surface area (Å²) in [5, 5.41) is 12.2. The van der Waals surface area contributed by atoms with Crippen molar-refractivity contribution < 1.29 is 0 Å². The van der Waals surface area contributed by atoms with Crippen LogP contribution >= 0.6 is 0 Å². The maximum absolute atomic E-state index is 8.96. The van der Waals surface area contributed by atoms with E-state index in [0.29, 0.717) is 17.3 Å². The molecule has 5 nitrogen and oxygen atoms in total. The molecular formula is C18H21N5. The van der Waals surface area contributed by atoms with Crippen LogP contribution in [0.4, 0.5) is 11.6 Å².